The number of hydrogen-bond donors (Lipinski definition) is 1. The Balaban J connectivity index is 2.43. The standard InChI is InChI=1S/C18H25N3/c1-5-7-15-12-17(19-10-6-2)21-18(20-15)16-9-8-13(3)11-14(16)4/h8-9,11-12H,5-7,10H2,1-4H3,(H,19,20,21). The zero-order chi connectivity index (χ0) is 15.2. The van der Waals surface area contributed by atoms with Gasteiger partial charge in [0.15, 0.2) is 5.82 Å². The molecule has 0 saturated heterocycles. The number of aryl methyl sites for hydroxylation is 3. The first-order chi connectivity index (χ1) is 10.1. The summed E-state index contributed by atoms with van der Waals surface area (Å²) >= 11 is 0. The van der Waals surface area contributed by atoms with Gasteiger partial charge in [0.05, 0.1) is 0 Å². The highest BCUT2D eigenvalue weighted by molar-refractivity contribution is 5.62. The SMILES string of the molecule is CCCNc1cc(CCC)nc(-c2ccc(C)cc2C)n1. The van der Waals surface area contributed by atoms with E-state index in [9.17, 15) is 0 Å². The molecule has 0 bridgehead atoms. The van der Waals surface area contributed by atoms with Gasteiger partial charge in [-0.05, 0) is 32.3 Å². The van der Waals surface area contributed by atoms with Crippen LogP contribution in [0.15, 0.2) is 24.3 Å². The summed E-state index contributed by atoms with van der Waals surface area (Å²) in [4.78, 5) is 9.43. The highest BCUT2D eigenvalue weighted by Gasteiger charge is 2.09. The van der Waals surface area contributed by atoms with E-state index in [0.29, 0.717) is 0 Å². The van der Waals surface area contributed by atoms with Crippen LogP contribution < -0.4 is 5.32 Å². The molecule has 0 aliphatic rings. The molecule has 3 nitrogen and oxygen atoms in total. The van der Waals surface area contributed by atoms with Gasteiger partial charge in [0, 0.05) is 23.9 Å². The number of aromatic nitrogens is 2. The van der Waals surface area contributed by atoms with E-state index in [0.717, 1.165) is 48.7 Å². The molecule has 1 aromatic carbocycles. The zero-order valence-corrected chi connectivity index (χ0v) is 13.5. The van der Waals surface area contributed by atoms with E-state index in [1.54, 1.807) is 0 Å². The van der Waals surface area contributed by atoms with Crippen molar-refractivity contribution in [2.45, 2.75) is 47.0 Å². The maximum Gasteiger partial charge on any atom is 0.162 e. The summed E-state index contributed by atoms with van der Waals surface area (Å²) in [6.45, 7) is 9.51. The van der Waals surface area contributed by atoms with Crippen LogP contribution >= 0.6 is 0 Å². The van der Waals surface area contributed by atoms with E-state index >= 15 is 0 Å². The van der Waals surface area contributed by atoms with E-state index < -0.39 is 0 Å². The second-order valence-electron chi connectivity index (χ2n) is 5.56. The molecule has 3 heteroatoms. The molecule has 0 spiro atoms. The normalized spacial score (nSPS) is 10.7. The lowest BCUT2D eigenvalue weighted by atomic mass is 10.0. The molecule has 1 heterocycles. The maximum absolute atomic E-state index is 4.74. The first-order valence-electron chi connectivity index (χ1n) is 7.83. The predicted octanol–water partition coefficient (Wildman–Crippen LogP) is 4.53. The van der Waals surface area contributed by atoms with E-state index in [1.165, 1.54) is 11.1 Å². The van der Waals surface area contributed by atoms with Crippen LogP contribution in [0, 0.1) is 13.8 Å². The Kier molecular flexibility index (Phi) is 5.32. The fourth-order valence-corrected chi connectivity index (χ4v) is 2.41. The lowest BCUT2D eigenvalue weighted by Gasteiger charge is -2.11. The molecule has 0 aliphatic heterocycles. The molecule has 0 aliphatic carbocycles. The highest BCUT2D eigenvalue weighted by Crippen LogP contribution is 2.23. The van der Waals surface area contributed by atoms with Crippen molar-refractivity contribution < 1.29 is 0 Å². The number of nitrogens with one attached hydrogen (secondary N) is 1. The Morgan fingerprint density at radius 3 is 2.48 bits per heavy atom. The quantitative estimate of drug-likeness (QED) is 0.846. The molecular formula is C18H25N3. The van der Waals surface area contributed by atoms with Crippen LogP contribution in [0.25, 0.3) is 11.4 Å². The monoisotopic (exact) mass is 283 g/mol. The van der Waals surface area contributed by atoms with Gasteiger partial charge in [0.1, 0.15) is 5.82 Å². The molecule has 2 aromatic rings. The molecule has 1 N–H and O–H groups in total. The Hall–Kier alpha value is -1.90. The lowest BCUT2D eigenvalue weighted by molar-refractivity contribution is 0.872. The summed E-state index contributed by atoms with van der Waals surface area (Å²) < 4.78 is 0. The molecular weight excluding hydrogens is 258 g/mol. The van der Waals surface area contributed by atoms with Crippen molar-refractivity contribution in [3.05, 3.63) is 41.1 Å². The van der Waals surface area contributed by atoms with Gasteiger partial charge in [-0.25, -0.2) is 9.97 Å². The highest BCUT2D eigenvalue weighted by atomic mass is 15.0. The zero-order valence-electron chi connectivity index (χ0n) is 13.5. The summed E-state index contributed by atoms with van der Waals surface area (Å²) in [5.41, 5.74) is 4.73. The number of rotatable bonds is 6. The third-order valence-corrected chi connectivity index (χ3v) is 3.46. The van der Waals surface area contributed by atoms with Crippen LogP contribution in [0.1, 0.15) is 43.5 Å². The van der Waals surface area contributed by atoms with Gasteiger partial charge in [0.25, 0.3) is 0 Å². The lowest BCUT2D eigenvalue weighted by Crippen LogP contribution is -2.06. The molecule has 1 aromatic heterocycles. The fraction of sp³-hybridized carbons (Fsp3) is 0.444. The van der Waals surface area contributed by atoms with Crippen molar-refractivity contribution in [2.24, 2.45) is 0 Å². The minimum Gasteiger partial charge on any atom is -0.370 e. The molecule has 112 valence electrons. The Morgan fingerprint density at radius 2 is 1.81 bits per heavy atom. The summed E-state index contributed by atoms with van der Waals surface area (Å²) in [6, 6.07) is 8.51. The third-order valence-electron chi connectivity index (χ3n) is 3.46. The van der Waals surface area contributed by atoms with Gasteiger partial charge in [-0.15, -0.1) is 0 Å². The average molecular weight is 283 g/mol. The van der Waals surface area contributed by atoms with Gasteiger partial charge < -0.3 is 5.32 Å². The van der Waals surface area contributed by atoms with Crippen LogP contribution in [0.3, 0.4) is 0 Å². The second-order valence-corrected chi connectivity index (χ2v) is 5.56. The molecule has 0 atom stereocenters. The van der Waals surface area contributed by atoms with Gasteiger partial charge in [-0.1, -0.05) is 44.0 Å². The minimum atomic E-state index is 0.831. The fourth-order valence-electron chi connectivity index (χ4n) is 2.41. The van der Waals surface area contributed by atoms with Gasteiger partial charge in [-0.2, -0.15) is 0 Å². The largest absolute Gasteiger partial charge is 0.370 e. The molecule has 0 amide bonds. The third kappa shape index (κ3) is 4.03. The van der Waals surface area contributed by atoms with Gasteiger partial charge >= 0.3 is 0 Å². The summed E-state index contributed by atoms with van der Waals surface area (Å²) in [7, 11) is 0. The second kappa shape index (κ2) is 7.21. The van der Waals surface area contributed by atoms with Gasteiger partial charge in [-0.3, -0.25) is 0 Å². The van der Waals surface area contributed by atoms with Crippen molar-refractivity contribution in [1.82, 2.24) is 9.97 Å². The predicted molar refractivity (Wildman–Crippen MR) is 89.7 cm³/mol. The first kappa shape index (κ1) is 15.5. The molecule has 0 fully saturated rings. The van der Waals surface area contributed by atoms with E-state index in [-0.39, 0.29) is 0 Å². The molecule has 0 saturated carbocycles. The summed E-state index contributed by atoms with van der Waals surface area (Å²) in [5, 5.41) is 3.38. The van der Waals surface area contributed by atoms with Crippen molar-refractivity contribution in [3.63, 3.8) is 0 Å². The maximum atomic E-state index is 4.74. The number of nitrogens with zero attached hydrogens (tertiary/aromatic N) is 2. The summed E-state index contributed by atoms with van der Waals surface area (Å²) in [6.07, 6.45) is 3.17. The van der Waals surface area contributed by atoms with Crippen LogP contribution in [0.5, 0.6) is 0 Å². The molecule has 21 heavy (non-hydrogen) atoms. The number of anilines is 1. The minimum absolute atomic E-state index is 0.831. The van der Waals surface area contributed by atoms with Gasteiger partial charge in [0.2, 0.25) is 0 Å². The number of benzene rings is 1. The van der Waals surface area contributed by atoms with Crippen molar-refractivity contribution >= 4 is 5.82 Å². The Morgan fingerprint density at radius 1 is 1.00 bits per heavy atom. The van der Waals surface area contributed by atoms with Crippen LogP contribution in [-0.4, -0.2) is 16.5 Å². The molecule has 0 radical (unpaired) electrons. The van der Waals surface area contributed by atoms with Crippen molar-refractivity contribution in [1.29, 1.82) is 0 Å². The molecule has 2 rings (SSSR count). The van der Waals surface area contributed by atoms with Crippen LogP contribution in [-0.2, 0) is 6.42 Å². The van der Waals surface area contributed by atoms with Crippen molar-refractivity contribution in [2.75, 3.05) is 11.9 Å². The summed E-state index contributed by atoms with van der Waals surface area (Å²) in [5.74, 6) is 1.77. The topological polar surface area (TPSA) is 37.8 Å². The Bertz CT molecular complexity index is 605. The van der Waals surface area contributed by atoms with E-state index in [2.05, 4.69) is 57.3 Å². The average Bonchev–Trinajstić information content (AvgIpc) is 2.45. The smallest absolute Gasteiger partial charge is 0.162 e. The van der Waals surface area contributed by atoms with Crippen LogP contribution in [0.4, 0.5) is 5.82 Å². The number of hydrogen-bond acceptors (Lipinski definition) is 3. The molecule has 0 unspecified atom stereocenters. The van der Waals surface area contributed by atoms with Crippen LogP contribution in [0.2, 0.25) is 0 Å². The first-order valence-corrected chi connectivity index (χ1v) is 7.83. The van der Waals surface area contributed by atoms with Crippen molar-refractivity contribution in [3.8, 4) is 11.4 Å². The van der Waals surface area contributed by atoms with E-state index in [1.807, 2.05) is 0 Å². The Labute approximate surface area is 127 Å². The van der Waals surface area contributed by atoms with E-state index in [4.69, 9.17) is 9.97 Å².